The molecule has 1 saturated carbocycles. The van der Waals surface area contributed by atoms with Crippen LogP contribution in [0.3, 0.4) is 0 Å². The fourth-order valence-corrected chi connectivity index (χ4v) is 2.01. The molecule has 0 atom stereocenters. The molecular weight excluding hydrogens is 196 g/mol. The zero-order valence-electron chi connectivity index (χ0n) is 8.40. The SMILES string of the molecule is O=C(NC1(CO)CCCC1)c1ccon1. The number of carbonyl (C=O) groups excluding carboxylic acids is 1. The van der Waals surface area contributed by atoms with E-state index in [-0.39, 0.29) is 18.2 Å². The molecule has 1 amide bonds. The van der Waals surface area contributed by atoms with Gasteiger partial charge < -0.3 is 14.9 Å². The summed E-state index contributed by atoms with van der Waals surface area (Å²) in [5.74, 6) is -0.278. The van der Waals surface area contributed by atoms with Crippen LogP contribution in [0.5, 0.6) is 0 Å². The Kier molecular flexibility index (Phi) is 2.73. The lowest BCUT2D eigenvalue weighted by atomic mass is 9.99. The summed E-state index contributed by atoms with van der Waals surface area (Å²) in [4.78, 5) is 11.7. The molecule has 5 nitrogen and oxygen atoms in total. The van der Waals surface area contributed by atoms with Gasteiger partial charge >= 0.3 is 0 Å². The Balaban J connectivity index is 2.04. The number of aliphatic hydroxyl groups excluding tert-OH is 1. The average molecular weight is 210 g/mol. The molecule has 0 saturated heterocycles. The van der Waals surface area contributed by atoms with Crippen molar-refractivity contribution in [1.29, 1.82) is 0 Å². The number of rotatable bonds is 3. The van der Waals surface area contributed by atoms with Gasteiger partial charge in [-0.3, -0.25) is 4.79 Å². The quantitative estimate of drug-likeness (QED) is 0.770. The Morgan fingerprint density at radius 2 is 2.33 bits per heavy atom. The van der Waals surface area contributed by atoms with Gasteiger partial charge in [0.05, 0.1) is 12.1 Å². The van der Waals surface area contributed by atoms with Crippen molar-refractivity contribution >= 4 is 5.91 Å². The van der Waals surface area contributed by atoms with Gasteiger partial charge in [-0.15, -0.1) is 0 Å². The lowest BCUT2D eigenvalue weighted by Crippen LogP contribution is -2.49. The molecule has 82 valence electrons. The minimum Gasteiger partial charge on any atom is -0.394 e. The Morgan fingerprint density at radius 3 is 2.87 bits per heavy atom. The van der Waals surface area contributed by atoms with Gasteiger partial charge in [-0.1, -0.05) is 18.0 Å². The van der Waals surface area contributed by atoms with E-state index in [0.717, 1.165) is 25.7 Å². The number of aliphatic hydroxyl groups is 1. The first-order valence-electron chi connectivity index (χ1n) is 5.09. The van der Waals surface area contributed by atoms with Gasteiger partial charge in [-0.25, -0.2) is 0 Å². The Bertz CT molecular complexity index is 328. The molecule has 1 heterocycles. The topological polar surface area (TPSA) is 75.4 Å². The minimum atomic E-state index is -0.448. The highest BCUT2D eigenvalue weighted by Gasteiger charge is 2.35. The maximum absolute atomic E-state index is 11.7. The molecule has 2 rings (SSSR count). The van der Waals surface area contributed by atoms with Crippen molar-refractivity contribution in [2.24, 2.45) is 0 Å². The third kappa shape index (κ3) is 2.02. The number of hydrogen-bond acceptors (Lipinski definition) is 4. The molecule has 1 aromatic rings. The number of amides is 1. The summed E-state index contributed by atoms with van der Waals surface area (Å²) in [6.45, 7) is -0.0173. The second-order valence-electron chi connectivity index (χ2n) is 3.98. The molecule has 0 unspecified atom stereocenters. The summed E-state index contributed by atoms with van der Waals surface area (Å²) >= 11 is 0. The molecule has 5 heteroatoms. The van der Waals surface area contributed by atoms with Crippen LogP contribution in [0.4, 0.5) is 0 Å². The van der Waals surface area contributed by atoms with Crippen molar-refractivity contribution in [3.05, 3.63) is 18.0 Å². The van der Waals surface area contributed by atoms with Crippen LogP contribution in [-0.2, 0) is 0 Å². The Morgan fingerprint density at radius 1 is 1.60 bits per heavy atom. The van der Waals surface area contributed by atoms with E-state index in [4.69, 9.17) is 0 Å². The number of hydrogen-bond donors (Lipinski definition) is 2. The highest BCUT2D eigenvalue weighted by atomic mass is 16.5. The third-order valence-electron chi connectivity index (χ3n) is 2.91. The molecule has 0 aliphatic heterocycles. The molecule has 1 aliphatic rings. The third-order valence-corrected chi connectivity index (χ3v) is 2.91. The number of aromatic nitrogens is 1. The molecule has 0 bridgehead atoms. The second kappa shape index (κ2) is 4.02. The van der Waals surface area contributed by atoms with E-state index in [0.29, 0.717) is 0 Å². The van der Waals surface area contributed by atoms with Crippen molar-refractivity contribution in [2.75, 3.05) is 6.61 Å². The number of nitrogens with zero attached hydrogens (tertiary/aromatic N) is 1. The average Bonchev–Trinajstić information content (AvgIpc) is 2.88. The van der Waals surface area contributed by atoms with E-state index in [2.05, 4.69) is 15.0 Å². The van der Waals surface area contributed by atoms with Crippen LogP contribution in [0.25, 0.3) is 0 Å². The van der Waals surface area contributed by atoms with E-state index < -0.39 is 5.54 Å². The summed E-state index contributed by atoms with van der Waals surface area (Å²) in [6.07, 6.45) is 5.09. The van der Waals surface area contributed by atoms with Crippen molar-refractivity contribution in [2.45, 2.75) is 31.2 Å². The van der Waals surface area contributed by atoms with E-state index in [9.17, 15) is 9.90 Å². The zero-order chi connectivity index (χ0) is 10.7. The predicted octanol–water partition coefficient (Wildman–Crippen LogP) is 0.709. The number of nitrogens with one attached hydrogen (secondary N) is 1. The molecule has 2 N–H and O–H groups in total. The van der Waals surface area contributed by atoms with E-state index in [1.165, 1.54) is 12.3 Å². The monoisotopic (exact) mass is 210 g/mol. The van der Waals surface area contributed by atoms with Crippen LogP contribution in [0.15, 0.2) is 16.9 Å². The van der Waals surface area contributed by atoms with Gasteiger partial charge in [0, 0.05) is 6.07 Å². The van der Waals surface area contributed by atoms with Crippen LogP contribution in [0.1, 0.15) is 36.2 Å². The fraction of sp³-hybridized carbons (Fsp3) is 0.600. The standard InChI is InChI=1S/C10H14N2O3/c13-7-10(4-1-2-5-10)11-9(14)8-3-6-15-12-8/h3,6,13H,1-2,4-5,7H2,(H,11,14). The first-order valence-corrected chi connectivity index (χ1v) is 5.09. The molecule has 1 aromatic heterocycles. The summed E-state index contributed by atoms with van der Waals surface area (Å²) in [7, 11) is 0. The van der Waals surface area contributed by atoms with Crippen LogP contribution >= 0.6 is 0 Å². The Labute approximate surface area is 87.5 Å². The van der Waals surface area contributed by atoms with Gasteiger partial charge in [-0.05, 0) is 12.8 Å². The minimum absolute atomic E-state index is 0.0173. The van der Waals surface area contributed by atoms with Crippen LogP contribution < -0.4 is 5.32 Å². The molecule has 1 fully saturated rings. The lowest BCUT2D eigenvalue weighted by molar-refractivity contribution is 0.0829. The van der Waals surface area contributed by atoms with E-state index in [1.807, 2.05) is 0 Å². The molecule has 0 spiro atoms. The van der Waals surface area contributed by atoms with Crippen LogP contribution in [0, 0.1) is 0 Å². The molecule has 1 aliphatic carbocycles. The maximum atomic E-state index is 11.7. The summed E-state index contributed by atoms with van der Waals surface area (Å²) in [6, 6.07) is 1.51. The lowest BCUT2D eigenvalue weighted by Gasteiger charge is -2.27. The zero-order valence-corrected chi connectivity index (χ0v) is 8.40. The molecule has 0 radical (unpaired) electrons. The smallest absolute Gasteiger partial charge is 0.273 e. The second-order valence-corrected chi connectivity index (χ2v) is 3.98. The largest absolute Gasteiger partial charge is 0.394 e. The molecule has 0 aromatic carbocycles. The van der Waals surface area contributed by atoms with Gasteiger partial charge in [-0.2, -0.15) is 0 Å². The fourth-order valence-electron chi connectivity index (χ4n) is 2.01. The first-order chi connectivity index (χ1) is 7.26. The van der Waals surface area contributed by atoms with Gasteiger partial charge in [0.1, 0.15) is 6.26 Å². The van der Waals surface area contributed by atoms with Gasteiger partial charge in [0.15, 0.2) is 5.69 Å². The van der Waals surface area contributed by atoms with Gasteiger partial charge in [0.2, 0.25) is 0 Å². The van der Waals surface area contributed by atoms with Crippen molar-refractivity contribution in [3.8, 4) is 0 Å². The molecule has 15 heavy (non-hydrogen) atoms. The summed E-state index contributed by atoms with van der Waals surface area (Å²) < 4.78 is 4.59. The van der Waals surface area contributed by atoms with Gasteiger partial charge in [0.25, 0.3) is 5.91 Å². The van der Waals surface area contributed by atoms with Crippen LogP contribution in [0.2, 0.25) is 0 Å². The maximum Gasteiger partial charge on any atom is 0.273 e. The van der Waals surface area contributed by atoms with Crippen molar-refractivity contribution < 1.29 is 14.4 Å². The Hall–Kier alpha value is -1.36. The molecular formula is C10H14N2O3. The highest BCUT2D eigenvalue weighted by Crippen LogP contribution is 2.29. The van der Waals surface area contributed by atoms with E-state index in [1.54, 1.807) is 0 Å². The van der Waals surface area contributed by atoms with Crippen molar-refractivity contribution in [1.82, 2.24) is 10.5 Å². The predicted molar refractivity (Wildman–Crippen MR) is 52.3 cm³/mol. The van der Waals surface area contributed by atoms with Crippen LogP contribution in [-0.4, -0.2) is 28.3 Å². The van der Waals surface area contributed by atoms with Crippen molar-refractivity contribution in [3.63, 3.8) is 0 Å². The first kappa shape index (κ1) is 10.2. The normalized spacial score (nSPS) is 19.0. The summed E-state index contributed by atoms with van der Waals surface area (Å²) in [5.41, 5.74) is -0.189. The summed E-state index contributed by atoms with van der Waals surface area (Å²) in [5, 5.41) is 15.7. The van der Waals surface area contributed by atoms with E-state index >= 15 is 0 Å². The highest BCUT2D eigenvalue weighted by molar-refractivity contribution is 5.92. The number of carbonyl (C=O) groups is 1.